The van der Waals surface area contributed by atoms with Crippen LogP contribution in [0.25, 0.3) is 0 Å². The summed E-state index contributed by atoms with van der Waals surface area (Å²) in [5, 5.41) is 22.9. The third-order valence-corrected chi connectivity index (χ3v) is 5.78. The number of amides is 1. The van der Waals surface area contributed by atoms with Crippen LogP contribution >= 0.6 is 24.8 Å². The summed E-state index contributed by atoms with van der Waals surface area (Å²) in [4.78, 5) is 16.7. The predicted molar refractivity (Wildman–Crippen MR) is 97.8 cm³/mol. The van der Waals surface area contributed by atoms with E-state index in [1.807, 2.05) is 11.9 Å². The van der Waals surface area contributed by atoms with Crippen molar-refractivity contribution in [2.24, 2.45) is 11.8 Å². The first kappa shape index (κ1) is 21.9. The van der Waals surface area contributed by atoms with Crippen molar-refractivity contribution < 1.29 is 15.0 Å². The average Bonchev–Trinajstić information content (AvgIpc) is 2.91. The number of hydrogen-bond acceptors (Lipinski definition) is 5. The lowest BCUT2D eigenvalue weighted by molar-refractivity contribution is -0.132. The highest BCUT2D eigenvalue weighted by Crippen LogP contribution is 2.36. The molecule has 0 spiro atoms. The molecule has 3 N–H and O–H groups in total. The molecule has 0 aromatic carbocycles. The molecule has 0 unspecified atom stereocenters. The lowest BCUT2D eigenvalue weighted by atomic mass is 9.79. The van der Waals surface area contributed by atoms with Gasteiger partial charge in [-0.3, -0.25) is 9.69 Å². The molecule has 0 aromatic rings. The number of nitrogens with one attached hydrogen (secondary N) is 1. The summed E-state index contributed by atoms with van der Waals surface area (Å²) in [6.07, 6.45) is 2.22. The third kappa shape index (κ3) is 4.96. The molecular formula is C16H31Cl2N3O3. The molecule has 6 nitrogen and oxygen atoms in total. The molecule has 2 saturated heterocycles. The van der Waals surface area contributed by atoms with Crippen LogP contribution in [0.4, 0.5) is 0 Å². The first-order valence-corrected chi connectivity index (χ1v) is 8.59. The van der Waals surface area contributed by atoms with Crippen LogP contribution in [0.5, 0.6) is 0 Å². The van der Waals surface area contributed by atoms with Crippen LogP contribution in [-0.4, -0.2) is 83.9 Å². The van der Waals surface area contributed by atoms with Crippen molar-refractivity contribution in [2.75, 3.05) is 39.8 Å². The molecule has 3 fully saturated rings. The number of nitrogens with zero attached hydrogens (tertiary/aromatic N) is 2. The van der Waals surface area contributed by atoms with Crippen molar-refractivity contribution in [2.45, 2.75) is 43.9 Å². The standard InChI is InChI=1S/C16H29N3O3.2ClH/c1-18(13-2-4-17-5-3-13)10-16(22)19-8-11-6-14(20)15(21)7-12(11)9-19;;/h11-15,17,20-21H,2-10H2,1H3;2*1H/t11-,12+,14-,15-;;/m0../s1. The Labute approximate surface area is 156 Å². The zero-order chi connectivity index (χ0) is 15.7. The highest BCUT2D eigenvalue weighted by atomic mass is 35.5. The van der Waals surface area contributed by atoms with E-state index < -0.39 is 12.2 Å². The van der Waals surface area contributed by atoms with Crippen LogP contribution in [-0.2, 0) is 4.79 Å². The van der Waals surface area contributed by atoms with Crippen molar-refractivity contribution in [1.29, 1.82) is 0 Å². The maximum Gasteiger partial charge on any atom is 0.236 e. The van der Waals surface area contributed by atoms with Gasteiger partial charge in [0.25, 0.3) is 0 Å². The number of rotatable bonds is 3. The smallest absolute Gasteiger partial charge is 0.236 e. The molecule has 0 radical (unpaired) electrons. The van der Waals surface area contributed by atoms with Crippen LogP contribution in [0, 0.1) is 11.8 Å². The normalized spacial score (nSPS) is 33.6. The van der Waals surface area contributed by atoms with Gasteiger partial charge >= 0.3 is 0 Å². The lowest BCUT2D eigenvalue weighted by Gasteiger charge is -2.32. The van der Waals surface area contributed by atoms with Crippen molar-refractivity contribution >= 4 is 30.7 Å². The fourth-order valence-electron chi connectivity index (χ4n) is 4.30. The van der Waals surface area contributed by atoms with Crippen LogP contribution < -0.4 is 5.32 Å². The second-order valence-corrected chi connectivity index (χ2v) is 7.32. The Hall–Kier alpha value is -0.110. The molecule has 4 atom stereocenters. The summed E-state index contributed by atoms with van der Waals surface area (Å²) in [5.74, 6) is 0.900. The molecule has 2 heterocycles. The first-order chi connectivity index (χ1) is 10.5. The quantitative estimate of drug-likeness (QED) is 0.644. The largest absolute Gasteiger partial charge is 0.390 e. The SMILES string of the molecule is CN(CC(=O)N1C[C@H]2C[C@H](O)[C@@H](O)C[C@H]2C1)C1CCNCC1.Cl.Cl. The summed E-state index contributed by atoms with van der Waals surface area (Å²) >= 11 is 0. The minimum Gasteiger partial charge on any atom is -0.390 e. The van der Waals surface area contributed by atoms with E-state index in [4.69, 9.17) is 0 Å². The van der Waals surface area contributed by atoms with Crippen LogP contribution in [0.1, 0.15) is 25.7 Å². The molecular weight excluding hydrogens is 353 g/mol. The van der Waals surface area contributed by atoms with Gasteiger partial charge in [0.2, 0.25) is 5.91 Å². The molecule has 8 heteroatoms. The first-order valence-electron chi connectivity index (χ1n) is 8.59. The molecule has 3 aliphatic rings. The number of halogens is 2. The van der Waals surface area contributed by atoms with Gasteiger partial charge in [-0.2, -0.15) is 0 Å². The van der Waals surface area contributed by atoms with E-state index in [0.717, 1.165) is 39.0 Å². The van der Waals surface area contributed by atoms with Gasteiger partial charge in [-0.25, -0.2) is 0 Å². The van der Waals surface area contributed by atoms with Crippen molar-refractivity contribution in [3.8, 4) is 0 Å². The summed E-state index contributed by atoms with van der Waals surface area (Å²) in [7, 11) is 2.05. The molecule has 142 valence electrons. The topological polar surface area (TPSA) is 76.0 Å². The van der Waals surface area contributed by atoms with Gasteiger partial charge in [0.1, 0.15) is 0 Å². The second-order valence-electron chi connectivity index (χ2n) is 7.32. The molecule has 2 aliphatic heterocycles. The van der Waals surface area contributed by atoms with Gasteiger partial charge in [0.15, 0.2) is 0 Å². The van der Waals surface area contributed by atoms with Gasteiger partial charge in [0.05, 0.1) is 18.8 Å². The zero-order valence-corrected chi connectivity index (χ0v) is 15.9. The Bertz CT molecular complexity index is 392. The summed E-state index contributed by atoms with van der Waals surface area (Å²) in [6, 6.07) is 0.499. The average molecular weight is 384 g/mol. The molecule has 0 bridgehead atoms. The zero-order valence-electron chi connectivity index (χ0n) is 14.3. The number of likely N-dealkylation sites (N-methyl/N-ethyl adjacent to an activating group) is 1. The summed E-state index contributed by atoms with van der Waals surface area (Å²) < 4.78 is 0. The van der Waals surface area contributed by atoms with Gasteiger partial charge in [-0.15, -0.1) is 24.8 Å². The molecule has 1 amide bonds. The Balaban J connectivity index is 0.00000144. The maximum atomic E-state index is 12.5. The van der Waals surface area contributed by atoms with Crippen LogP contribution in [0.2, 0.25) is 0 Å². The van der Waals surface area contributed by atoms with Crippen LogP contribution in [0.15, 0.2) is 0 Å². The number of aliphatic hydroxyl groups is 2. The maximum absolute atomic E-state index is 12.5. The third-order valence-electron chi connectivity index (χ3n) is 5.78. The molecule has 24 heavy (non-hydrogen) atoms. The van der Waals surface area contributed by atoms with Gasteiger partial charge in [-0.05, 0) is 57.7 Å². The van der Waals surface area contributed by atoms with E-state index in [-0.39, 0.29) is 30.7 Å². The molecule has 3 rings (SSSR count). The van der Waals surface area contributed by atoms with Crippen molar-refractivity contribution in [3.05, 3.63) is 0 Å². The van der Waals surface area contributed by atoms with Crippen molar-refractivity contribution in [3.63, 3.8) is 0 Å². The van der Waals surface area contributed by atoms with Gasteiger partial charge < -0.3 is 20.4 Å². The summed E-state index contributed by atoms with van der Waals surface area (Å²) in [5.41, 5.74) is 0. The number of carbonyl (C=O) groups excluding carboxylic acids is 1. The molecule has 1 aliphatic carbocycles. The molecule has 0 aromatic heterocycles. The van der Waals surface area contributed by atoms with Crippen LogP contribution in [0.3, 0.4) is 0 Å². The number of likely N-dealkylation sites (tertiary alicyclic amines) is 1. The number of carbonyl (C=O) groups is 1. The Morgan fingerprint density at radius 2 is 1.58 bits per heavy atom. The summed E-state index contributed by atoms with van der Waals surface area (Å²) in [6.45, 7) is 4.04. The monoisotopic (exact) mass is 383 g/mol. The van der Waals surface area contributed by atoms with E-state index in [0.29, 0.717) is 37.3 Å². The number of aliphatic hydroxyl groups excluding tert-OH is 2. The highest BCUT2D eigenvalue weighted by Gasteiger charge is 2.42. The minimum absolute atomic E-state index is 0. The number of hydrogen-bond donors (Lipinski definition) is 3. The number of piperidine rings is 1. The fourth-order valence-corrected chi connectivity index (χ4v) is 4.30. The van der Waals surface area contributed by atoms with E-state index in [2.05, 4.69) is 10.2 Å². The lowest BCUT2D eigenvalue weighted by Crippen LogP contribution is -2.46. The fraction of sp³-hybridized carbons (Fsp3) is 0.938. The second kappa shape index (κ2) is 9.55. The number of fused-ring (bicyclic) bond motifs is 1. The van der Waals surface area contributed by atoms with E-state index in [9.17, 15) is 15.0 Å². The Morgan fingerprint density at radius 1 is 1.08 bits per heavy atom. The Morgan fingerprint density at radius 3 is 2.08 bits per heavy atom. The minimum atomic E-state index is -0.617. The Kier molecular flexibility index (Phi) is 8.73. The van der Waals surface area contributed by atoms with Crippen molar-refractivity contribution in [1.82, 2.24) is 15.1 Å². The predicted octanol–water partition coefficient (Wildman–Crippen LogP) is 0.104. The highest BCUT2D eigenvalue weighted by molar-refractivity contribution is 5.85. The van der Waals surface area contributed by atoms with E-state index >= 15 is 0 Å². The van der Waals surface area contributed by atoms with Gasteiger partial charge in [-0.1, -0.05) is 0 Å². The van der Waals surface area contributed by atoms with E-state index in [1.54, 1.807) is 0 Å². The van der Waals surface area contributed by atoms with Gasteiger partial charge in [0, 0.05) is 19.1 Å². The van der Waals surface area contributed by atoms with E-state index in [1.165, 1.54) is 0 Å². The molecule has 1 saturated carbocycles.